The maximum absolute atomic E-state index is 11.7. The average molecular weight is 272 g/mol. The van der Waals surface area contributed by atoms with Crippen molar-refractivity contribution in [3.63, 3.8) is 0 Å². The van der Waals surface area contributed by atoms with Crippen LogP contribution in [0.1, 0.15) is 32.1 Å². The highest BCUT2D eigenvalue weighted by molar-refractivity contribution is 5.76. The van der Waals surface area contributed by atoms with Crippen LogP contribution < -0.4 is 10.6 Å². The molecule has 0 unspecified atom stereocenters. The van der Waals surface area contributed by atoms with Gasteiger partial charge in [0, 0.05) is 26.7 Å². The van der Waals surface area contributed by atoms with Gasteiger partial charge in [-0.25, -0.2) is 0 Å². The summed E-state index contributed by atoms with van der Waals surface area (Å²) in [5.74, 6) is 0.769. The predicted octanol–water partition coefficient (Wildman–Crippen LogP) is 0.936. The van der Waals surface area contributed by atoms with E-state index in [9.17, 15) is 4.79 Å². The fourth-order valence-corrected chi connectivity index (χ4v) is 2.22. The van der Waals surface area contributed by atoms with Crippen LogP contribution in [0.2, 0.25) is 0 Å². The minimum absolute atomic E-state index is 0.201. The highest BCUT2D eigenvalue weighted by Gasteiger charge is 2.16. The second-order valence-corrected chi connectivity index (χ2v) is 5.06. The lowest BCUT2D eigenvalue weighted by atomic mass is 9.94. The van der Waals surface area contributed by atoms with Gasteiger partial charge < -0.3 is 20.1 Å². The highest BCUT2D eigenvalue weighted by Crippen LogP contribution is 2.15. The molecule has 1 rings (SSSR count). The lowest BCUT2D eigenvalue weighted by Crippen LogP contribution is -2.32. The Kier molecular flexibility index (Phi) is 9.67. The Bertz CT molecular complexity index is 231. The van der Waals surface area contributed by atoms with Crippen LogP contribution in [0.15, 0.2) is 0 Å². The molecule has 0 atom stereocenters. The standard InChI is InChI=1S/C14H28N2O3/c1-18-10-11-19-9-3-2-6-16-14(17)12-13-4-7-15-8-5-13/h13,15H,2-12H2,1H3,(H,16,17). The average Bonchev–Trinajstić information content (AvgIpc) is 2.43. The van der Waals surface area contributed by atoms with Gasteiger partial charge in [-0.2, -0.15) is 0 Å². The zero-order chi connectivity index (χ0) is 13.8. The minimum Gasteiger partial charge on any atom is -0.382 e. The van der Waals surface area contributed by atoms with Gasteiger partial charge in [0.25, 0.3) is 0 Å². The molecule has 1 aliphatic heterocycles. The van der Waals surface area contributed by atoms with Crippen LogP contribution in [0.5, 0.6) is 0 Å². The molecule has 0 aromatic carbocycles. The zero-order valence-electron chi connectivity index (χ0n) is 12.1. The first kappa shape index (κ1) is 16.4. The van der Waals surface area contributed by atoms with Gasteiger partial charge in [-0.1, -0.05) is 0 Å². The molecule has 19 heavy (non-hydrogen) atoms. The van der Waals surface area contributed by atoms with Crippen LogP contribution in [-0.2, 0) is 14.3 Å². The molecule has 1 aliphatic rings. The molecule has 5 nitrogen and oxygen atoms in total. The molecule has 1 amide bonds. The number of rotatable bonds is 10. The Balaban J connectivity index is 1.87. The van der Waals surface area contributed by atoms with E-state index >= 15 is 0 Å². The molecule has 0 saturated carbocycles. The monoisotopic (exact) mass is 272 g/mol. The minimum atomic E-state index is 0.201. The van der Waals surface area contributed by atoms with E-state index in [1.54, 1.807) is 7.11 Å². The molecule has 0 aliphatic carbocycles. The molecule has 1 fully saturated rings. The number of methoxy groups -OCH3 is 1. The third kappa shape index (κ3) is 8.97. The SMILES string of the molecule is COCCOCCCCNC(=O)CC1CCNCC1. The van der Waals surface area contributed by atoms with Crippen molar-refractivity contribution >= 4 is 5.91 Å². The Morgan fingerprint density at radius 1 is 1.21 bits per heavy atom. The molecule has 0 aromatic rings. The van der Waals surface area contributed by atoms with E-state index < -0.39 is 0 Å². The fraction of sp³-hybridized carbons (Fsp3) is 0.929. The van der Waals surface area contributed by atoms with Gasteiger partial charge in [0.2, 0.25) is 5.91 Å². The van der Waals surface area contributed by atoms with E-state index in [1.807, 2.05) is 0 Å². The van der Waals surface area contributed by atoms with E-state index in [1.165, 1.54) is 0 Å². The van der Waals surface area contributed by atoms with Crippen molar-refractivity contribution in [2.45, 2.75) is 32.1 Å². The largest absolute Gasteiger partial charge is 0.382 e. The van der Waals surface area contributed by atoms with Crippen molar-refractivity contribution in [2.75, 3.05) is 46.6 Å². The molecule has 112 valence electrons. The number of nitrogens with one attached hydrogen (secondary N) is 2. The van der Waals surface area contributed by atoms with Crippen molar-refractivity contribution in [1.82, 2.24) is 10.6 Å². The van der Waals surface area contributed by atoms with Crippen molar-refractivity contribution in [3.05, 3.63) is 0 Å². The first-order chi connectivity index (χ1) is 9.33. The van der Waals surface area contributed by atoms with Crippen LogP contribution in [0, 0.1) is 5.92 Å². The van der Waals surface area contributed by atoms with Crippen LogP contribution >= 0.6 is 0 Å². The molecule has 1 saturated heterocycles. The topological polar surface area (TPSA) is 59.6 Å². The summed E-state index contributed by atoms with van der Waals surface area (Å²) in [6, 6.07) is 0. The predicted molar refractivity (Wildman–Crippen MR) is 75.1 cm³/mol. The van der Waals surface area contributed by atoms with Crippen LogP contribution in [0.3, 0.4) is 0 Å². The number of amides is 1. The normalized spacial score (nSPS) is 16.5. The summed E-state index contributed by atoms with van der Waals surface area (Å²) >= 11 is 0. The van der Waals surface area contributed by atoms with Gasteiger partial charge in [-0.3, -0.25) is 4.79 Å². The summed E-state index contributed by atoms with van der Waals surface area (Å²) in [5, 5.41) is 6.31. The van der Waals surface area contributed by atoms with E-state index in [0.29, 0.717) is 25.6 Å². The Morgan fingerprint density at radius 3 is 2.74 bits per heavy atom. The summed E-state index contributed by atoms with van der Waals surface area (Å²) in [6.45, 7) is 4.91. The smallest absolute Gasteiger partial charge is 0.220 e. The summed E-state index contributed by atoms with van der Waals surface area (Å²) in [4.78, 5) is 11.7. The maximum Gasteiger partial charge on any atom is 0.220 e. The quantitative estimate of drug-likeness (QED) is 0.581. The molecule has 0 spiro atoms. The maximum atomic E-state index is 11.7. The van der Waals surface area contributed by atoms with Gasteiger partial charge >= 0.3 is 0 Å². The molecule has 1 heterocycles. The van der Waals surface area contributed by atoms with Gasteiger partial charge in [-0.15, -0.1) is 0 Å². The molecule has 5 heteroatoms. The fourth-order valence-electron chi connectivity index (χ4n) is 2.22. The number of carbonyl (C=O) groups excluding carboxylic acids is 1. The van der Waals surface area contributed by atoms with Crippen molar-refractivity contribution in [2.24, 2.45) is 5.92 Å². The summed E-state index contributed by atoms with van der Waals surface area (Å²) < 4.78 is 10.2. The van der Waals surface area contributed by atoms with Crippen LogP contribution in [0.4, 0.5) is 0 Å². The first-order valence-corrected chi connectivity index (χ1v) is 7.37. The molecule has 0 radical (unpaired) electrons. The first-order valence-electron chi connectivity index (χ1n) is 7.37. The van der Waals surface area contributed by atoms with Crippen molar-refractivity contribution in [1.29, 1.82) is 0 Å². The van der Waals surface area contributed by atoms with E-state index in [2.05, 4.69) is 10.6 Å². The van der Waals surface area contributed by atoms with Crippen LogP contribution in [-0.4, -0.2) is 52.5 Å². The molecule has 2 N–H and O–H groups in total. The van der Waals surface area contributed by atoms with E-state index in [-0.39, 0.29) is 5.91 Å². The number of hydrogen-bond donors (Lipinski definition) is 2. The number of piperidine rings is 1. The Morgan fingerprint density at radius 2 is 2.00 bits per heavy atom. The Labute approximate surface area is 116 Å². The second kappa shape index (κ2) is 11.2. The van der Waals surface area contributed by atoms with Crippen molar-refractivity contribution < 1.29 is 14.3 Å². The zero-order valence-corrected chi connectivity index (χ0v) is 12.1. The van der Waals surface area contributed by atoms with Gasteiger partial charge in [0.1, 0.15) is 0 Å². The molecular formula is C14H28N2O3. The number of hydrogen-bond acceptors (Lipinski definition) is 4. The third-order valence-electron chi connectivity index (χ3n) is 3.40. The second-order valence-electron chi connectivity index (χ2n) is 5.06. The number of unbranched alkanes of at least 4 members (excludes halogenated alkanes) is 1. The summed E-state index contributed by atoms with van der Waals surface area (Å²) in [5.41, 5.74) is 0. The third-order valence-corrected chi connectivity index (χ3v) is 3.40. The van der Waals surface area contributed by atoms with Gasteiger partial charge in [0.05, 0.1) is 13.2 Å². The molecular weight excluding hydrogens is 244 g/mol. The number of carbonyl (C=O) groups is 1. The number of ether oxygens (including phenoxy) is 2. The molecule has 0 bridgehead atoms. The van der Waals surface area contributed by atoms with Gasteiger partial charge in [0.15, 0.2) is 0 Å². The van der Waals surface area contributed by atoms with E-state index in [4.69, 9.17) is 9.47 Å². The molecule has 0 aromatic heterocycles. The van der Waals surface area contributed by atoms with E-state index in [0.717, 1.165) is 51.9 Å². The summed E-state index contributed by atoms with van der Waals surface area (Å²) in [6.07, 6.45) is 4.90. The lowest BCUT2D eigenvalue weighted by Gasteiger charge is -2.21. The van der Waals surface area contributed by atoms with Gasteiger partial charge in [-0.05, 0) is 44.7 Å². The highest BCUT2D eigenvalue weighted by atomic mass is 16.5. The summed E-state index contributed by atoms with van der Waals surface area (Å²) in [7, 11) is 1.67. The van der Waals surface area contributed by atoms with Crippen LogP contribution in [0.25, 0.3) is 0 Å². The van der Waals surface area contributed by atoms with Crippen molar-refractivity contribution in [3.8, 4) is 0 Å². The lowest BCUT2D eigenvalue weighted by molar-refractivity contribution is -0.122. The Hall–Kier alpha value is -0.650.